The largest absolute Gasteiger partial charge is 0.445 e. The summed E-state index contributed by atoms with van der Waals surface area (Å²) < 4.78 is 25.8. The van der Waals surface area contributed by atoms with Crippen molar-refractivity contribution in [3.05, 3.63) is 35.9 Å². The van der Waals surface area contributed by atoms with Gasteiger partial charge in [0.1, 0.15) is 24.2 Å². The normalized spacial score (nSPS) is 14.3. The molecule has 0 saturated heterocycles. The van der Waals surface area contributed by atoms with Crippen LogP contribution >= 0.6 is 0 Å². The quantitative estimate of drug-likeness (QED) is 0.0782. The van der Waals surface area contributed by atoms with Crippen molar-refractivity contribution in [2.45, 2.75) is 194 Å². The van der Waals surface area contributed by atoms with Gasteiger partial charge in [-0.05, 0) is 84.6 Å². The van der Waals surface area contributed by atoms with Crippen LogP contribution < -0.4 is 21.3 Å². The van der Waals surface area contributed by atoms with E-state index in [0.717, 1.165) is 5.56 Å². The first-order chi connectivity index (χ1) is 28.0. The molecule has 2 atom stereocenters. The van der Waals surface area contributed by atoms with Crippen molar-refractivity contribution in [2.75, 3.05) is 19.8 Å². The molecule has 0 fully saturated rings. The standard InChI is InChI=1S/C46H86N4O9Si3/c1-33(2)28-36(47-42(55)56-29-35-24-21-20-22-25-35)40(53)49-39(34(3)4)41(54)48-37(51)26-23-27-38(52)50-46(30-57-60(14,15)43(5,6)7,31-58-61(16,17)44(8,9)10)32-59-62(18,19)45(11,12)13/h20-22,24-25,33-34,36,39H,23,26-32H2,1-19H3,(H,47,55)(H,49,53)(H,50,52)(H,48,51,54)/t36-,39-/m0/s1. The molecule has 0 aliphatic carbocycles. The number of ether oxygens (including phenoxy) is 1. The summed E-state index contributed by atoms with van der Waals surface area (Å²) in [6.45, 7) is 40.7. The van der Waals surface area contributed by atoms with Crippen LogP contribution in [0.15, 0.2) is 30.3 Å². The van der Waals surface area contributed by atoms with E-state index in [4.69, 9.17) is 18.0 Å². The number of carbonyl (C=O) groups excluding carboxylic acids is 5. The lowest BCUT2D eigenvalue weighted by Crippen LogP contribution is -2.63. The minimum absolute atomic E-state index is 0.0108. The summed E-state index contributed by atoms with van der Waals surface area (Å²) in [7, 11) is -6.85. The molecule has 5 amide bonds. The van der Waals surface area contributed by atoms with E-state index < -0.39 is 66.4 Å². The average Bonchev–Trinajstić information content (AvgIpc) is 3.11. The molecule has 62 heavy (non-hydrogen) atoms. The maximum Gasteiger partial charge on any atom is 0.408 e. The van der Waals surface area contributed by atoms with E-state index in [1.54, 1.807) is 13.8 Å². The number of hydrogen-bond donors (Lipinski definition) is 4. The van der Waals surface area contributed by atoms with Crippen molar-refractivity contribution in [2.24, 2.45) is 11.8 Å². The average molecular weight is 923 g/mol. The summed E-state index contributed by atoms with van der Waals surface area (Å²) in [5, 5.41) is 10.9. The Bertz CT molecular complexity index is 1540. The van der Waals surface area contributed by atoms with Crippen LogP contribution in [0.25, 0.3) is 0 Å². The molecule has 0 aromatic heterocycles. The molecular formula is C46H86N4O9Si3. The monoisotopic (exact) mass is 923 g/mol. The minimum atomic E-state index is -2.28. The van der Waals surface area contributed by atoms with E-state index in [-0.39, 0.29) is 78.5 Å². The van der Waals surface area contributed by atoms with Crippen molar-refractivity contribution in [1.82, 2.24) is 21.3 Å². The number of alkyl carbamates (subject to hydrolysis) is 1. The Morgan fingerprint density at radius 1 is 0.613 bits per heavy atom. The molecule has 13 nitrogen and oxygen atoms in total. The van der Waals surface area contributed by atoms with Crippen LogP contribution in [0.2, 0.25) is 54.4 Å². The van der Waals surface area contributed by atoms with Gasteiger partial charge in [-0.2, -0.15) is 0 Å². The Balaban J connectivity index is 3.17. The van der Waals surface area contributed by atoms with Gasteiger partial charge in [0, 0.05) is 12.8 Å². The van der Waals surface area contributed by atoms with E-state index in [1.807, 2.05) is 44.2 Å². The van der Waals surface area contributed by atoms with Gasteiger partial charge in [-0.25, -0.2) is 4.79 Å². The highest BCUT2D eigenvalue weighted by Crippen LogP contribution is 2.40. The summed E-state index contributed by atoms with van der Waals surface area (Å²) in [4.78, 5) is 66.7. The van der Waals surface area contributed by atoms with Gasteiger partial charge in [0.25, 0.3) is 0 Å². The van der Waals surface area contributed by atoms with Crippen LogP contribution in [0.3, 0.4) is 0 Å². The van der Waals surface area contributed by atoms with Crippen molar-refractivity contribution in [1.29, 1.82) is 0 Å². The maximum absolute atomic E-state index is 13.9. The first-order valence-electron chi connectivity index (χ1n) is 22.4. The number of imide groups is 1. The van der Waals surface area contributed by atoms with Gasteiger partial charge in [-0.3, -0.25) is 24.5 Å². The van der Waals surface area contributed by atoms with Gasteiger partial charge in [0.05, 0.1) is 19.8 Å². The van der Waals surface area contributed by atoms with E-state index in [2.05, 4.69) is 123 Å². The van der Waals surface area contributed by atoms with Gasteiger partial charge >= 0.3 is 6.09 Å². The third kappa shape index (κ3) is 19.1. The highest BCUT2D eigenvalue weighted by Gasteiger charge is 2.46. The summed E-state index contributed by atoms with van der Waals surface area (Å²) in [6.07, 6.45) is -0.381. The Kier molecular flexibility index (Phi) is 21.5. The molecule has 4 N–H and O–H groups in total. The van der Waals surface area contributed by atoms with Crippen LogP contribution in [0.1, 0.15) is 121 Å². The van der Waals surface area contributed by atoms with Crippen molar-refractivity contribution in [3.63, 3.8) is 0 Å². The zero-order valence-electron chi connectivity index (χ0n) is 42.0. The molecule has 0 unspecified atom stereocenters. The molecule has 0 saturated carbocycles. The van der Waals surface area contributed by atoms with Crippen molar-refractivity contribution < 1.29 is 42.0 Å². The highest BCUT2D eigenvalue weighted by atomic mass is 28.4. The van der Waals surface area contributed by atoms with Gasteiger partial charge in [0.15, 0.2) is 25.0 Å². The van der Waals surface area contributed by atoms with E-state index >= 15 is 0 Å². The molecule has 0 bridgehead atoms. The van der Waals surface area contributed by atoms with Crippen molar-refractivity contribution >= 4 is 54.7 Å². The van der Waals surface area contributed by atoms with Gasteiger partial charge < -0.3 is 34.0 Å². The predicted octanol–water partition coefficient (Wildman–Crippen LogP) is 9.20. The first-order valence-corrected chi connectivity index (χ1v) is 31.1. The third-order valence-corrected chi connectivity index (χ3v) is 26.2. The molecule has 356 valence electrons. The smallest absolute Gasteiger partial charge is 0.408 e. The number of rotatable bonds is 23. The number of carbonyl (C=O) groups is 5. The Labute approximate surface area is 378 Å². The lowest BCUT2D eigenvalue weighted by atomic mass is 10.00. The van der Waals surface area contributed by atoms with Crippen LogP contribution in [0.5, 0.6) is 0 Å². The zero-order chi connectivity index (χ0) is 48.1. The zero-order valence-corrected chi connectivity index (χ0v) is 45.0. The van der Waals surface area contributed by atoms with Gasteiger partial charge in [-0.1, -0.05) is 120 Å². The first kappa shape index (κ1) is 57.1. The number of nitrogens with one attached hydrogen (secondary N) is 4. The fourth-order valence-electron chi connectivity index (χ4n) is 5.28. The Morgan fingerprint density at radius 3 is 1.45 bits per heavy atom. The summed E-state index contributed by atoms with van der Waals surface area (Å²) in [5.41, 5.74) is -0.202. The summed E-state index contributed by atoms with van der Waals surface area (Å²) >= 11 is 0. The molecule has 16 heteroatoms. The second kappa shape index (κ2) is 23.3. The van der Waals surface area contributed by atoms with Gasteiger partial charge in [0.2, 0.25) is 23.6 Å². The number of benzene rings is 1. The molecule has 0 radical (unpaired) electrons. The lowest BCUT2D eigenvalue weighted by molar-refractivity contribution is -0.135. The fourth-order valence-corrected chi connectivity index (χ4v) is 8.49. The van der Waals surface area contributed by atoms with E-state index in [1.165, 1.54) is 0 Å². The molecule has 0 aliphatic rings. The lowest BCUT2D eigenvalue weighted by Gasteiger charge is -2.46. The predicted molar refractivity (Wildman–Crippen MR) is 257 cm³/mol. The summed E-state index contributed by atoms with van der Waals surface area (Å²) in [5.74, 6) is -2.44. The van der Waals surface area contributed by atoms with E-state index in [9.17, 15) is 24.0 Å². The number of amides is 5. The molecular weight excluding hydrogens is 837 g/mol. The second-order valence-electron chi connectivity index (χ2n) is 22.4. The highest BCUT2D eigenvalue weighted by molar-refractivity contribution is 6.75. The Hall–Kier alpha value is -2.90. The number of hydrogen-bond acceptors (Lipinski definition) is 9. The van der Waals surface area contributed by atoms with E-state index in [0.29, 0.717) is 6.42 Å². The molecule has 0 aliphatic heterocycles. The summed E-state index contributed by atoms with van der Waals surface area (Å²) in [6, 6.07) is 7.15. The fraction of sp³-hybridized carbons (Fsp3) is 0.761. The SMILES string of the molecule is CC(C)C[C@H](NC(=O)OCc1ccccc1)C(=O)N[C@H](C(=O)NC(=O)CCCC(=O)NC(CO[Si](C)(C)C(C)(C)C)(CO[Si](C)(C)C(C)(C)C)CO[Si](C)(C)C(C)(C)C)C(C)C. The minimum Gasteiger partial charge on any atom is -0.445 e. The molecule has 1 aromatic rings. The van der Waals surface area contributed by atoms with Crippen LogP contribution in [0, 0.1) is 11.8 Å². The third-order valence-electron chi connectivity index (χ3n) is 12.8. The topological polar surface area (TPSA) is 170 Å². The second-order valence-corrected chi connectivity index (χ2v) is 36.8. The van der Waals surface area contributed by atoms with Crippen LogP contribution in [0.4, 0.5) is 4.79 Å². The van der Waals surface area contributed by atoms with Crippen LogP contribution in [-0.2, 0) is 43.8 Å². The molecule has 0 spiro atoms. The van der Waals surface area contributed by atoms with Crippen LogP contribution in [-0.4, -0.2) is 92.1 Å². The molecule has 1 rings (SSSR count). The molecule has 1 aromatic carbocycles. The molecule has 0 heterocycles. The van der Waals surface area contributed by atoms with Crippen molar-refractivity contribution in [3.8, 4) is 0 Å². The maximum atomic E-state index is 13.9. The Morgan fingerprint density at radius 2 is 1.05 bits per heavy atom. The van der Waals surface area contributed by atoms with Gasteiger partial charge in [-0.15, -0.1) is 0 Å².